The van der Waals surface area contributed by atoms with Crippen molar-refractivity contribution in [3.05, 3.63) is 16.1 Å². The lowest BCUT2D eigenvalue weighted by Crippen LogP contribution is -2.33. The smallest absolute Gasteiger partial charge is 0.241 e. The van der Waals surface area contributed by atoms with E-state index in [1.807, 2.05) is 13.8 Å². The second-order valence-corrected chi connectivity index (χ2v) is 5.46. The Hall–Kier alpha value is -1.41. The number of aryl methyl sites for hydroxylation is 1. The molecule has 0 radical (unpaired) electrons. The number of aromatic nitrogens is 1. The molecule has 0 bridgehead atoms. The fourth-order valence-electron chi connectivity index (χ4n) is 1.48. The number of amides is 1. The van der Waals surface area contributed by atoms with Crippen molar-refractivity contribution in [3.8, 4) is 6.07 Å². The van der Waals surface area contributed by atoms with E-state index in [0.29, 0.717) is 12.8 Å². The minimum Gasteiger partial charge on any atom is -0.346 e. The van der Waals surface area contributed by atoms with E-state index in [-0.39, 0.29) is 11.9 Å². The van der Waals surface area contributed by atoms with Gasteiger partial charge in [-0.1, -0.05) is 0 Å². The number of carbonyl (C=O) groups excluding carboxylic acids is 1. The largest absolute Gasteiger partial charge is 0.346 e. The van der Waals surface area contributed by atoms with Gasteiger partial charge in [0.15, 0.2) is 0 Å². The molecule has 0 spiro atoms. The topological polar surface area (TPSA) is 65.8 Å². The number of thiazole rings is 1. The van der Waals surface area contributed by atoms with Gasteiger partial charge in [0.1, 0.15) is 10.4 Å². The Kier molecular flexibility index (Phi) is 2.68. The van der Waals surface area contributed by atoms with Gasteiger partial charge in [-0.2, -0.15) is 5.26 Å². The third-order valence-corrected chi connectivity index (χ3v) is 3.85. The van der Waals surface area contributed by atoms with Crippen LogP contribution in [0.15, 0.2) is 6.20 Å². The molecular formula is C11H13N3OS. The van der Waals surface area contributed by atoms with E-state index >= 15 is 0 Å². The van der Waals surface area contributed by atoms with E-state index < -0.39 is 5.41 Å². The highest BCUT2D eigenvalue weighted by Crippen LogP contribution is 2.45. The van der Waals surface area contributed by atoms with Gasteiger partial charge in [-0.3, -0.25) is 4.79 Å². The molecular weight excluding hydrogens is 222 g/mol. The zero-order valence-electron chi connectivity index (χ0n) is 9.28. The average molecular weight is 235 g/mol. The number of nitrogens with one attached hydrogen (secondary N) is 1. The van der Waals surface area contributed by atoms with Crippen LogP contribution in [0.3, 0.4) is 0 Å². The summed E-state index contributed by atoms with van der Waals surface area (Å²) in [6.45, 7) is 3.87. The third kappa shape index (κ3) is 1.93. The molecule has 1 aromatic rings. The van der Waals surface area contributed by atoms with Crippen molar-refractivity contribution in [2.45, 2.75) is 32.7 Å². The minimum atomic E-state index is -0.749. The maximum Gasteiger partial charge on any atom is 0.241 e. The van der Waals surface area contributed by atoms with Crippen LogP contribution in [-0.2, 0) is 4.79 Å². The van der Waals surface area contributed by atoms with Crippen molar-refractivity contribution in [3.63, 3.8) is 0 Å². The molecule has 0 aromatic carbocycles. The van der Waals surface area contributed by atoms with E-state index in [0.717, 1.165) is 9.88 Å². The quantitative estimate of drug-likeness (QED) is 0.870. The summed E-state index contributed by atoms with van der Waals surface area (Å²) in [4.78, 5) is 17.1. The summed E-state index contributed by atoms with van der Waals surface area (Å²) >= 11 is 1.57. The molecule has 1 saturated carbocycles. The second kappa shape index (κ2) is 3.87. The van der Waals surface area contributed by atoms with Gasteiger partial charge >= 0.3 is 0 Å². The van der Waals surface area contributed by atoms with Gasteiger partial charge in [0.25, 0.3) is 0 Å². The molecule has 1 unspecified atom stereocenters. The van der Waals surface area contributed by atoms with E-state index in [9.17, 15) is 4.79 Å². The number of nitrogens with zero attached hydrogens (tertiary/aromatic N) is 2. The molecule has 1 aliphatic rings. The van der Waals surface area contributed by atoms with Crippen LogP contribution >= 0.6 is 11.3 Å². The summed E-state index contributed by atoms with van der Waals surface area (Å²) in [5, 5.41) is 12.6. The van der Waals surface area contributed by atoms with Crippen molar-refractivity contribution in [2.75, 3.05) is 0 Å². The Morgan fingerprint density at radius 1 is 1.75 bits per heavy atom. The molecule has 1 aromatic heterocycles. The third-order valence-electron chi connectivity index (χ3n) is 2.76. The molecule has 1 heterocycles. The Balaban J connectivity index is 2.01. The first-order chi connectivity index (χ1) is 7.57. The average Bonchev–Trinajstić information content (AvgIpc) is 2.95. The lowest BCUT2D eigenvalue weighted by atomic mass is 10.1. The second-order valence-electron chi connectivity index (χ2n) is 4.20. The molecule has 1 atom stereocenters. The van der Waals surface area contributed by atoms with Gasteiger partial charge < -0.3 is 5.32 Å². The predicted molar refractivity (Wildman–Crippen MR) is 60.7 cm³/mol. The van der Waals surface area contributed by atoms with Crippen LogP contribution in [0, 0.1) is 23.7 Å². The molecule has 84 valence electrons. The SMILES string of the molecule is Cc1cnc(C(C)NC(=O)C2(C#N)CC2)s1. The van der Waals surface area contributed by atoms with Crippen LogP contribution in [-0.4, -0.2) is 10.9 Å². The Labute approximate surface area is 98.3 Å². The molecule has 0 saturated heterocycles. The standard InChI is InChI=1S/C11H13N3OS/c1-7-5-13-9(16-7)8(2)14-10(15)11(6-12)3-4-11/h5,8H,3-4H2,1-2H3,(H,14,15). The van der Waals surface area contributed by atoms with Crippen molar-refractivity contribution in [1.82, 2.24) is 10.3 Å². The zero-order valence-corrected chi connectivity index (χ0v) is 10.1. The Morgan fingerprint density at radius 2 is 2.44 bits per heavy atom. The highest BCUT2D eigenvalue weighted by molar-refractivity contribution is 7.11. The highest BCUT2D eigenvalue weighted by atomic mass is 32.1. The van der Waals surface area contributed by atoms with E-state index in [4.69, 9.17) is 5.26 Å². The molecule has 1 amide bonds. The minimum absolute atomic E-state index is 0.114. The molecule has 1 aliphatic carbocycles. The lowest BCUT2D eigenvalue weighted by Gasteiger charge is -2.13. The Bertz CT molecular complexity index is 456. The molecule has 0 aliphatic heterocycles. The van der Waals surface area contributed by atoms with Gasteiger partial charge in [-0.15, -0.1) is 11.3 Å². The maximum atomic E-state index is 11.8. The zero-order chi connectivity index (χ0) is 11.8. The van der Waals surface area contributed by atoms with Crippen LogP contribution in [0.1, 0.15) is 35.7 Å². The summed E-state index contributed by atoms with van der Waals surface area (Å²) < 4.78 is 0. The number of nitriles is 1. The van der Waals surface area contributed by atoms with Crippen molar-refractivity contribution in [1.29, 1.82) is 5.26 Å². The number of hydrogen-bond acceptors (Lipinski definition) is 4. The van der Waals surface area contributed by atoms with Crippen molar-refractivity contribution in [2.24, 2.45) is 5.41 Å². The first-order valence-corrected chi connectivity index (χ1v) is 6.03. The first kappa shape index (κ1) is 11.1. The van der Waals surface area contributed by atoms with Gasteiger partial charge in [0.2, 0.25) is 5.91 Å². The first-order valence-electron chi connectivity index (χ1n) is 5.22. The van der Waals surface area contributed by atoms with Crippen LogP contribution in [0.25, 0.3) is 0 Å². The van der Waals surface area contributed by atoms with Crippen LogP contribution in [0.4, 0.5) is 0 Å². The van der Waals surface area contributed by atoms with Crippen molar-refractivity contribution < 1.29 is 4.79 Å². The van der Waals surface area contributed by atoms with Gasteiger partial charge in [0, 0.05) is 11.1 Å². The summed E-state index contributed by atoms with van der Waals surface area (Å²) in [5.41, 5.74) is -0.749. The van der Waals surface area contributed by atoms with E-state index in [1.165, 1.54) is 0 Å². The monoisotopic (exact) mass is 235 g/mol. The van der Waals surface area contributed by atoms with Crippen molar-refractivity contribution >= 4 is 17.2 Å². The number of hydrogen-bond donors (Lipinski definition) is 1. The molecule has 2 rings (SSSR count). The normalized spacial score (nSPS) is 18.6. The maximum absolute atomic E-state index is 11.8. The van der Waals surface area contributed by atoms with Gasteiger partial charge in [0.05, 0.1) is 12.1 Å². The predicted octanol–water partition coefficient (Wildman–Crippen LogP) is 1.93. The van der Waals surface area contributed by atoms with Crippen LogP contribution < -0.4 is 5.32 Å². The number of rotatable bonds is 3. The fraction of sp³-hybridized carbons (Fsp3) is 0.545. The van der Waals surface area contributed by atoms with E-state index in [2.05, 4.69) is 16.4 Å². The molecule has 1 fully saturated rings. The number of carbonyl (C=O) groups is 1. The fourth-order valence-corrected chi connectivity index (χ4v) is 2.26. The van der Waals surface area contributed by atoms with Crippen LogP contribution in [0.5, 0.6) is 0 Å². The van der Waals surface area contributed by atoms with Gasteiger partial charge in [-0.05, 0) is 26.7 Å². The lowest BCUT2D eigenvalue weighted by molar-refractivity contribution is -0.125. The molecule has 5 heteroatoms. The summed E-state index contributed by atoms with van der Waals surface area (Å²) in [6.07, 6.45) is 3.15. The highest BCUT2D eigenvalue weighted by Gasteiger charge is 2.50. The Morgan fingerprint density at radius 3 is 2.88 bits per heavy atom. The van der Waals surface area contributed by atoms with Gasteiger partial charge in [-0.25, -0.2) is 4.98 Å². The molecule has 16 heavy (non-hydrogen) atoms. The van der Waals surface area contributed by atoms with Crippen LogP contribution in [0.2, 0.25) is 0 Å². The van der Waals surface area contributed by atoms with E-state index in [1.54, 1.807) is 17.5 Å². The molecule has 1 N–H and O–H groups in total. The molecule has 4 nitrogen and oxygen atoms in total. The summed E-state index contributed by atoms with van der Waals surface area (Å²) in [5.74, 6) is -0.157. The summed E-state index contributed by atoms with van der Waals surface area (Å²) in [7, 11) is 0. The summed E-state index contributed by atoms with van der Waals surface area (Å²) in [6, 6.07) is 1.97.